The Morgan fingerprint density at radius 1 is 0.938 bits per heavy atom. The molecule has 2 heterocycles. The molecule has 1 aromatic heterocycles. The van der Waals surface area contributed by atoms with Crippen molar-refractivity contribution in [1.29, 1.82) is 0 Å². The van der Waals surface area contributed by atoms with Crippen molar-refractivity contribution >= 4 is 15.9 Å². The summed E-state index contributed by atoms with van der Waals surface area (Å²) < 4.78 is 106. The van der Waals surface area contributed by atoms with Crippen LogP contribution in [0.4, 0.5) is 26.3 Å². The molecule has 14 heteroatoms. The van der Waals surface area contributed by atoms with E-state index in [1.54, 1.807) is 7.05 Å². The summed E-state index contributed by atoms with van der Waals surface area (Å²) in [5.41, 5.74) is -3.96. The normalized spacial score (nSPS) is 16.8. The van der Waals surface area contributed by atoms with Crippen LogP contribution in [-0.4, -0.2) is 59.3 Å². The lowest BCUT2D eigenvalue weighted by Crippen LogP contribution is -2.37. The molecule has 0 bridgehead atoms. The SMILES string of the molecule is Cn1cnc(S(=O)(=O)N2CCCN(C(=O)c3cc(C(F)(F)F)cc(C(F)(F)F)c3)CC2)c1. The first kappa shape index (κ1) is 24.0. The summed E-state index contributed by atoms with van der Waals surface area (Å²) in [6.07, 6.45) is -7.43. The Hall–Kier alpha value is -2.61. The van der Waals surface area contributed by atoms with Crippen molar-refractivity contribution in [2.75, 3.05) is 26.2 Å². The molecule has 1 aromatic carbocycles. The number of amides is 1. The van der Waals surface area contributed by atoms with E-state index in [0.717, 1.165) is 9.21 Å². The molecule has 0 aliphatic carbocycles. The van der Waals surface area contributed by atoms with Crippen molar-refractivity contribution in [3.63, 3.8) is 0 Å². The Balaban J connectivity index is 1.85. The smallest absolute Gasteiger partial charge is 0.339 e. The number of carbonyl (C=O) groups is 1. The fourth-order valence-corrected chi connectivity index (χ4v) is 4.69. The zero-order valence-electron chi connectivity index (χ0n) is 16.6. The second-order valence-corrected chi connectivity index (χ2v) is 9.11. The van der Waals surface area contributed by atoms with E-state index in [1.165, 1.54) is 17.1 Å². The van der Waals surface area contributed by atoms with Gasteiger partial charge in [0.05, 0.1) is 17.5 Å². The van der Waals surface area contributed by atoms with Gasteiger partial charge in [0, 0.05) is 45.0 Å². The van der Waals surface area contributed by atoms with Gasteiger partial charge in [0.1, 0.15) is 0 Å². The van der Waals surface area contributed by atoms with Crippen LogP contribution < -0.4 is 0 Å². The standard InChI is InChI=1S/C18H18F6N4O3S/c1-26-10-15(25-11-26)32(30,31)28-4-2-3-27(5-6-28)16(29)12-7-13(17(19,20)21)9-14(8-12)18(22,23)24/h7-11H,2-6H2,1H3. The molecule has 7 nitrogen and oxygen atoms in total. The summed E-state index contributed by atoms with van der Waals surface area (Å²) in [6, 6.07) is 0.677. The van der Waals surface area contributed by atoms with Gasteiger partial charge in [0.15, 0.2) is 5.03 Å². The summed E-state index contributed by atoms with van der Waals surface area (Å²) in [4.78, 5) is 17.6. The molecular formula is C18H18F6N4O3S. The van der Waals surface area contributed by atoms with Crippen molar-refractivity contribution in [2.45, 2.75) is 23.8 Å². The molecule has 1 saturated heterocycles. The molecule has 1 amide bonds. The third-order valence-corrected chi connectivity index (χ3v) is 6.65. The minimum atomic E-state index is -5.08. The number of nitrogens with zero attached hydrogens (tertiary/aromatic N) is 4. The highest BCUT2D eigenvalue weighted by molar-refractivity contribution is 7.89. The number of rotatable bonds is 3. The molecule has 0 N–H and O–H groups in total. The van der Waals surface area contributed by atoms with E-state index in [1.807, 2.05) is 0 Å². The van der Waals surface area contributed by atoms with Crippen LogP contribution in [0, 0.1) is 0 Å². The predicted octanol–water partition coefficient (Wildman–Crippen LogP) is 2.99. The van der Waals surface area contributed by atoms with Crippen LogP contribution in [0.2, 0.25) is 0 Å². The number of carbonyl (C=O) groups excluding carboxylic acids is 1. The van der Waals surface area contributed by atoms with Crippen LogP contribution in [0.15, 0.2) is 35.7 Å². The van der Waals surface area contributed by atoms with Crippen LogP contribution in [0.5, 0.6) is 0 Å². The van der Waals surface area contributed by atoms with Gasteiger partial charge < -0.3 is 9.47 Å². The highest BCUT2D eigenvalue weighted by Crippen LogP contribution is 2.36. The Kier molecular flexibility index (Phi) is 6.30. The van der Waals surface area contributed by atoms with E-state index in [2.05, 4.69) is 4.98 Å². The fraction of sp³-hybridized carbons (Fsp3) is 0.444. The summed E-state index contributed by atoms with van der Waals surface area (Å²) in [5.74, 6) is -1.04. The van der Waals surface area contributed by atoms with Gasteiger partial charge in [0.2, 0.25) is 0 Å². The molecule has 0 saturated carbocycles. The maximum absolute atomic E-state index is 13.1. The number of aromatic nitrogens is 2. The van der Waals surface area contributed by atoms with Gasteiger partial charge in [0.25, 0.3) is 15.9 Å². The quantitative estimate of drug-likeness (QED) is 0.628. The molecular weight excluding hydrogens is 466 g/mol. The summed E-state index contributed by atoms with van der Waals surface area (Å²) >= 11 is 0. The maximum Gasteiger partial charge on any atom is 0.416 e. The number of alkyl halides is 6. The lowest BCUT2D eigenvalue weighted by molar-refractivity contribution is -0.143. The second-order valence-electron chi connectivity index (χ2n) is 7.22. The lowest BCUT2D eigenvalue weighted by atomic mass is 10.0. The number of hydrogen-bond acceptors (Lipinski definition) is 4. The molecule has 1 aliphatic rings. The number of halogens is 6. The largest absolute Gasteiger partial charge is 0.416 e. The number of hydrogen-bond donors (Lipinski definition) is 0. The van der Waals surface area contributed by atoms with Crippen molar-refractivity contribution in [3.8, 4) is 0 Å². The monoisotopic (exact) mass is 484 g/mol. The number of sulfonamides is 1. The molecule has 0 spiro atoms. The van der Waals surface area contributed by atoms with Gasteiger partial charge in [-0.15, -0.1) is 0 Å². The van der Waals surface area contributed by atoms with E-state index < -0.39 is 45.0 Å². The van der Waals surface area contributed by atoms with E-state index in [4.69, 9.17) is 0 Å². The van der Waals surface area contributed by atoms with Gasteiger partial charge in [-0.2, -0.15) is 30.6 Å². The molecule has 0 atom stereocenters. The van der Waals surface area contributed by atoms with Gasteiger partial charge in [-0.05, 0) is 24.6 Å². The zero-order chi connectivity index (χ0) is 23.9. The molecule has 0 unspecified atom stereocenters. The first-order valence-electron chi connectivity index (χ1n) is 9.26. The van der Waals surface area contributed by atoms with Crippen LogP contribution in [-0.2, 0) is 29.4 Å². The van der Waals surface area contributed by atoms with Crippen LogP contribution >= 0.6 is 0 Å². The average molecular weight is 484 g/mol. The van der Waals surface area contributed by atoms with Crippen molar-refractivity contribution < 1.29 is 39.6 Å². The second kappa shape index (κ2) is 8.39. The Morgan fingerprint density at radius 2 is 1.53 bits per heavy atom. The van der Waals surface area contributed by atoms with Crippen molar-refractivity contribution in [1.82, 2.24) is 18.8 Å². The lowest BCUT2D eigenvalue weighted by Gasteiger charge is -2.22. The van der Waals surface area contributed by atoms with Crippen LogP contribution in [0.1, 0.15) is 27.9 Å². The highest BCUT2D eigenvalue weighted by Gasteiger charge is 2.38. The van der Waals surface area contributed by atoms with E-state index in [0.29, 0.717) is 12.1 Å². The first-order valence-corrected chi connectivity index (χ1v) is 10.7. The van der Waals surface area contributed by atoms with Gasteiger partial charge >= 0.3 is 12.4 Å². The van der Waals surface area contributed by atoms with Gasteiger partial charge in [-0.1, -0.05) is 0 Å². The zero-order valence-corrected chi connectivity index (χ0v) is 17.4. The number of aryl methyl sites for hydroxylation is 1. The fourth-order valence-electron chi connectivity index (χ4n) is 3.25. The molecule has 1 fully saturated rings. The Morgan fingerprint density at radius 3 is 2.03 bits per heavy atom. The minimum Gasteiger partial charge on any atom is -0.339 e. The highest BCUT2D eigenvalue weighted by atomic mass is 32.2. The summed E-state index contributed by atoms with van der Waals surface area (Å²) in [5, 5.41) is -0.201. The van der Waals surface area contributed by atoms with Crippen LogP contribution in [0.3, 0.4) is 0 Å². The third kappa shape index (κ3) is 5.06. The van der Waals surface area contributed by atoms with E-state index in [9.17, 15) is 39.6 Å². The van der Waals surface area contributed by atoms with Crippen molar-refractivity contribution in [3.05, 3.63) is 47.4 Å². The Bertz CT molecular complexity index is 1080. The van der Waals surface area contributed by atoms with E-state index >= 15 is 0 Å². The molecule has 1 aliphatic heterocycles. The molecule has 32 heavy (non-hydrogen) atoms. The molecule has 0 radical (unpaired) electrons. The average Bonchev–Trinajstić information content (AvgIpc) is 2.98. The van der Waals surface area contributed by atoms with Crippen molar-refractivity contribution in [2.24, 2.45) is 7.05 Å². The van der Waals surface area contributed by atoms with E-state index in [-0.39, 0.29) is 43.7 Å². The predicted molar refractivity (Wildman–Crippen MR) is 98.9 cm³/mol. The van der Waals surface area contributed by atoms with Gasteiger partial charge in [-0.25, -0.2) is 13.4 Å². The number of benzene rings is 1. The first-order chi connectivity index (χ1) is 14.7. The topological polar surface area (TPSA) is 75.5 Å². The molecule has 176 valence electrons. The third-order valence-electron chi connectivity index (χ3n) is 4.86. The Labute approximate surface area is 179 Å². The molecule has 3 rings (SSSR count). The summed E-state index contributed by atoms with van der Waals surface area (Å²) in [6.45, 7) is -0.415. The van der Waals surface area contributed by atoms with Gasteiger partial charge in [-0.3, -0.25) is 4.79 Å². The molecule has 2 aromatic rings. The summed E-state index contributed by atoms with van der Waals surface area (Å²) in [7, 11) is -2.38. The van der Waals surface area contributed by atoms with Crippen LogP contribution in [0.25, 0.3) is 0 Å². The number of imidazole rings is 1. The minimum absolute atomic E-state index is 0.0130. The maximum atomic E-state index is 13.1.